The van der Waals surface area contributed by atoms with E-state index in [1.807, 2.05) is 0 Å². The van der Waals surface area contributed by atoms with Crippen LogP contribution in [0.5, 0.6) is 0 Å². The maximum absolute atomic E-state index is 13.8. The van der Waals surface area contributed by atoms with Crippen molar-refractivity contribution in [3.05, 3.63) is 47.8 Å². The zero-order chi connectivity index (χ0) is 10.9. The van der Waals surface area contributed by atoms with E-state index in [0.29, 0.717) is 0 Å². The Hall–Kier alpha value is -1.91. The first kappa shape index (κ1) is 9.64. The first-order valence-electron chi connectivity index (χ1n) is 4.35. The maximum Gasteiger partial charge on any atom is 0.316 e. The van der Waals surface area contributed by atoms with Crippen LogP contribution in [0, 0.1) is 0 Å². The van der Waals surface area contributed by atoms with Crippen molar-refractivity contribution in [2.75, 3.05) is 5.73 Å². The van der Waals surface area contributed by atoms with Gasteiger partial charge in [0, 0.05) is 5.56 Å². The SMILES string of the molecule is Nc1cn[nH]c1C(F)(F)c1ccccc1. The fourth-order valence-corrected chi connectivity index (χ4v) is 1.34. The summed E-state index contributed by atoms with van der Waals surface area (Å²) in [5.41, 5.74) is 4.87. The van der Waals surface area contributed by atoms with Crippen LogP contribution in [0.2, 0.25) is 0 Å². The molecule has 1 heterocycles. The van der Waals surface area contributed by atoms with Gasteiger partial charge in [0.15, 0.2) is 0 Å². The largest absolute Gasteiger partial charge is 0.396 e. The summed E-state index contributed by atoms with van der Waals surface area (Å²) < 4.78 is 27.7. The van der Waals surface area contributed by atoms with Crippen LogP contribution in [-0.2, 0) is 5.92 Å². The molecule has 0 amide bonds. The van der Waals surface area contributed by atoms with Gasteiger partial charge in [-0.15, -0.1) is 0 Å². The number of aromatic nitrogens is 2. The van der Waals surface area contributed by atoms with E-state index in [1.165, 1.54) is 18.3 Å². The maximum atomic E-state index is 13.8. The second kappa shape index (κ2) is 3.34. The molecule has 0 atom stereocenters. The molecule has 3 nitrogen and oxygen atoms in total. The molecule has 1 aromatic heterocycles. The molecule has 1 aromatic carbocycles. The van der Waals surface area contributed by atoms with Gasteiger partial charge in [-0.2, -0.15) is 13.9 Å². The average Bonchev–Trinajstić information content (AvgIpc) is 2.66. The first-order chi connectivity index (χ1) is 7.12. The number of halogens is 2. The quantitative estimate of drug-likeness (QED) is 0.796. The fraction of sp³-hybridized carbons (Fsp3) is 0.100. The summed E-state index contributed by atoms with van der Waals surface area (Å²) in [6.07, 6.45) is 1.17. The number of aromatic amines is 1. The number of alkyl halides is 2. The Balaban J connectivity index is 2.48. The van der Waals surface area contributed by atoms with Gasteiger partial charge in [-0.05, 0) is 0 Å². The molecule has 0 saturated carbocycles. The lowest BCUT2D eigenvalue weighted by Crippen LogP contribution is -2.17. The number of rotatable bonds is 2. The fourth-order valence-electron chi connectivity index (χ4n) is 1.34. The van der Waals surface area contributed by atoms with E-state index in [2.05, 4.69) is 10.2 Å². The summed E-state index contributed by atoms with van der Waals surface area (Å²) >= 11 is 0. The lowest BCUT2D eigenvalue weighted by atomic mass is 10.1. The van der Waals surface area contributed by atoms with Crippen molar-refractivity contribution in [1.29, 1.82) is 0 Å². The molecule has 0 bridgehead atoms. The van der Waals surface area contributed by atoms with E-state index in [-0.39, 0.29) is 16.9 Å². The van der Waals surface area contributed by atoms with Crippen LogP contribution in [0.1, 0.15) is 11.3 Å². The van der Waals surface area contributed by atoms with Gasteiger partial charge in [0.05, 0.1) is 11.9 Å². The zero-order valence-electron chi connectivity index (χ0n) is 7.74. The molecule has 2 aromatic rings. The predicted octanol–water partition coefficient (Wildman–Crippen LogP) is 2.13. The summed E-state index contributed by atoms with van der Waals surface area (Å²) in [5.74, 6) is -3.14. The second-order valence-corrected chi connectivity index (χ2v) is 3.14. The van der Waals surface area contributed by atoms with Gasteiger partial charge < -0.3 is 5.73 Å². The summed E-state index contributed by atoms with van der Waals surface area (Å²) in [5, 5.41) is 5.70. The van der Waals surface area contributed by atoms with E-state index in [4.69, 9.17) is 5.73 Å². The van der Waals surface area contributed by atoms with Crippen molar-refractivity contribution in [1.82, 2.24) is 10.2 Å². The molecule has 3 N–H and O–H groups in total. The number of anilines is 1. The molecule has 0 aliphatic carbocycles. The van der Waals surface area contributed by atoms with Gasteiger partial charge >= 0.3 is 5.92 Å². The Kier molecular flexibility index (Phi) is 2.15. The monoisotopic (exact) mass is 209 g/mol. The van der Waals surface area contributed by atoms with Gasteiger partial charge in [0.1, 0.15) is 5.69 Å². The number of nitrogens with one attached hydrogen (secondary N) is 1. The highest BCUT2D eigenvalue weighted by atomic mass is 19.3. The molecule has 0 unspecified atom stereocenters. The minimum absolute atomic E-state index is 0.0381. The van der Waals surface area contributed by atoms with E-state index < -0.39 is 5.92 Å². The Morgan fingerprint density at radius 2 is 1.87 bits per heavy atom. The lowest BCUT2D eigenvalue weighted by Gasteiger charge is -2.15. The Morgan fingerprint density at radius 3 is 2.40 bits per heavy atom. The van der Waals surface area contributed by atoms with Gasteiger partial charge in [0.25, 0.3) is 0 Å². The molecule has 0 radical (unpaired) electrons. The van der Waals surface area contributed by atoms with Crippen molar-refractivity contribution in [2.24, 2.45) is 0 Å². The highest BCUT2D eigenvalue weighted by molar-refractivity contribution is 5.46. The van der Waals surface area contributed by atoms with Crippen LogP contribution in [0.15, 0.2) is 36.5 Å². The van der Waals surface area contributed by atoms with E-state index in [0.717, 1.165) is 0 Å². The summed E-state index contributed by atoms with van der Waals surface area (Å²) in [6, 6.07) is 7.47. The standard InChI is InChI=1S/C10H9F2N3/c11-10(12,7-4-2-1-3-5-7)9-8(13)6-14-15-9/h1-6H,13H2,(H,14,15). The minimum Gasteiger partial charge on any atom is -0.396 e. The smallest absolute Gasteiger partial charge is 0.316 e. The third-order valence-electron chi connectivity index (χ3n) is 2.12. The Morgan fingerprint density at radius 1 is 1.20 bits per heavy atom. The minimum atomic E-state index is -3.14. The van der Waals surface area contributed by atoms with Crippen molar-refractivity contribution in [3.63, 3.8) is 0 Å². The topological polar surface area (TPSA) is 54.7 Å². The number of hydrogen-bond acceptors (Lipinski definition) is 2. The van der Waals surface area contributed by atoms with Crippen LogP contribution < -0.4 is 5.73 Å². The average molecular weight is 209 g/mol. The van der Waals surface area contributed by atoms with Crippen molar-refractivity contribution in [2.45, 2.75) is 5.92 Å². The molecule has 0 spiro atoms. The van der Waals surface area contributed by atoms with Crippen LogP contribution in [0.25, 0.3) is 0 Å². The number of benzene rings is 1. The number of nitrogens with zero attached hydrogens (tertiary/aromatic N) is 1. The number of nitrogens with two attached hydrogens (primary N) is 1. The number of hydrogen-bond donors (Lipinski definition) is 2. The third-order valence-corrected chi connectivity index (χ3v) is 2.12. The summed E-state index contributed by atoms with van der Waals surface area (Å²) in [4.78, 5) is 0. The predicted molar refractivity (Wildman–Crippen MR) is 52.4 cm³/mol. The molecular weight excluding hydrogens is 200 g/mol. The first-order valence-corrected chi connectivity index (χ1v) is 4.35. The molecule has 5 heteroatoms. The molecule has 78 valence electrons. The van der Waals surface area contributed by atoms with Gasteiger partial charge in [0.2, 0.25) is 0 Å². The van der Waals surface area contributed by atoms with Crippen LogP contribution in [-0.4, -0.2) is 10.2 Å². The van der Waals surface area contributed by atoms with Crippen LogP contribution in [0.3, 0.4) is 0 Å². The van der Waals surface area contributed by atoms with Crippen LogP contribution >= 0.6 is 0 Å². The van der Waals surface area contributed by atoms with Crippen molar-refractivity contribution < 1.29 is 8.78 Å². The molecule has 0 fully saturated rings. The zero-order valence-corrected chi connectivity index (χ0v) is 7.74. The normalized spacial score (nSPS) is 11.6. The van der Waals surface area contributed by atoms with Gasteiger partial charge in [-0.1, -0.05) is 30.3 Å². The van der Waals surface area contributed by atoms with E-state index in [1.54, 1.807) is 18.2 Å². The van der Waals surface area contributed by atoms with Gasteiger partial charge in [-0.3, -0.25) is 5.10 Å². The molecule has 0 aliphatic heterocycles. The second-order valence-electron chi connectivity index (χ2n) is 3.14. The molecule has 0 aliphatic rings. The van der Waals surface area contributed by atoms with E-state index >= 15 is 0 Å². The highest BCUT2D eigenvalue weighted by Crippen LogP contribution is 2.36. The number of H-pyrrole nitrogens is 1. The summed E-state index contributed by atoms with van der Waals surface area (Å²) in [7, 11) is 0. The Labute approximate surface area is 84.9 Å². The van der Waals surface area contributed by atoms with Gasteiger partial charge in [-0.25, -0.2) is 0 Å². The number of nitrogen functional groups attached to an aromatic ring is 1. The molecule has 2 rings (SSSR count). The lowest BCUT2D eigenvalue weighted by molar-refractivity contribution is 0.0388. The summed E-state index contributed by atoms with van der Waals surface area (Å²) in [6.45, 7) is 0. The van der Waals surface area contributed by atoms with Crippen LogP contribution in [0.4, 0.5) is 14.5 Å². The highest BCUT2D eigenvalue weighted by Gasteiger charge is 2.37. The molecule has 15 heavy (non-hydrogen) atoms. The molecular formula is C10H9F2N3. The third kappa shape index (κ3) is 1.56. The molecule has 0 saturated heterocycles. The Bertz CT molecular complexity index is 451. The van der Waals surface area contributed by atoms with Crippen molar-refractivity contribution >= 4 is 5.69 Å². The van der Waals surface area contributed by atoms with E-state index in [9.17, 15) is 8.78 Å². The van der Waals surface area contributed by atoms with Crippen molar-refractivity contribution in [3.8, 4) is 0 Å².